The number of methoxy groups -OCH3 is 2. The van der Waals surface area contributed by atoms with Gasteiger partial charge in [0, 0.05) is 6.07 Å². The van der Waals surface area contributed by atoms with Crippen LogP contribution in [0.3, 0.4) is 0 Å². The molecule has 0 heterocycles. The highest BCUT2D eigenvalue weighted by molar-refractivity contribution is 5.94. The van der Waals surface area contributed by atoms with Gasteiger partial charge in [-0.25, -0.2) is 9.59 Å². The van der Waals surface area contributed by atoms with Gasteiger partial charge in [-0.05, 0) is 6.07 Å². The van der Waals surface area contributed by atoms with E-state index in [4.69, 9.17) is 0 Å². The SMILES string of the molecule is COC(=O)c1cccc([N+](=O)[O-])c1C(O)C(=O)OC. The minimum absolute atomic E-state index is 0.269. The van der Waals surface area contributed by atoms with E-state index in [2.05, 4.69) is 9.47 Å². The van der Waals surface area contributed by atoms with Crippen molar-refractivity contribution in [3.05, 3.63) is 39.4 Å². The number of rotatable bonds is 4. The number of ether oxygens (including phenoxy) is 2. The molecule has 8 heteroatoms. The fraction of sp³-hybridized carbons (Fsp3) is 0.273. The number of carbonyl (C=O) groups is 2. The van der Waals surface area contributed by atoms with Gasteiger partial charge in [0.1, 0.15) is 0 Å². The molecule has 1 atom stereocenters. The number of carbonyl (C=O) groups excluding carboxylic acids is 2. The molecule has 0 fully saturated rings. The molecule has 0 bridgehead atoms. The molecule has 19 heavy (non-hydrogen) atoms. The van der Waals surface area contributed by atoms with E-state index in [1.54, 1.807) is 0 Å². The highest BCUT2D eigenvalue weighted by Gasteiger charge is 2.32. The number of nitrogens with zero attached hydrogens (tertiary/aromatic N) is 1. The molecule has 0 aliphatic carbocycles. The van der Waals surface area contributed by atoms with Crippen LogP contribution in [0.4, 0.5) is 5.69 Å². The van der Waals surface area contributed by atoms with Gasteiger partial charge >= 0.3 is 11.9 Å². The lowest BCUT2D eigenvalue weighted by Gasteiger charge is -2.12. The molecule has 0 aliphatic heterocycles. The van der Waals surface area contributed by atoms with Crippen molar-refractivity contribution < 1.29 is 29.1 Å². The van der Waals surface area contributed by atoms with Gasteiger partial charge in [-0.3, -0.25) is 10.1 Å². The van der Waals surface area contributed by atoms with E-state index in [1.165, 1.54) is 12.1 Å². The summed E-state index contributed by atoms with van der Waals surface area (Å²) < 4.78 is 8.76. The fourth-order valence-electron chi connectivity index (χ4n) is 1.52. The number of nitro groups is 1. The van der Waals surface area contributed by atoms with Gasteiger partial charge in [0.2, 0.25) is 0 Å². The van der Waals surface area contributed by atoms with Gasteiger partial charge in [0.25, 0.3) is 5.69 Å². The van der Waals surface area contributed by atoms with Gasteiger partial charge in [-0.2, -0.15) is 0 Å². The first-order valence-electron chi connectivity index (χ1n) is 5.05. The zero-order valence-corrected chi connectivity index (χ0v) is 10.2. The molecule has 0 radical (unpaired) electrons. The molecule has 102 valence electrons. The van der Waals surface area contributed by atoms with Crippen LogP contribution in [0, 0.1) is 10.1 Å². The van der Waals surface area contributed by atoms with Crippen molar-refractivity contribution >= 4 is 17.6 Å². The lowest BCUT2D eigenvalue weighted by molar-refractivity contribution is -0.386. The molecule has 1 aromatic rings. The van der Waals surface area contributed by atoms with Gasteiger partial charge in [0.05, 0.1) is 30.3 Å². The summed E-state index contributed by atoms with van der Waals surface area (Å²) in [5.74, 6) is -2.01. The molecule has 1 unspecified atom stereocenters. The van der Waals surface area contributed by atoms with Crippen molar-refractivity contribution in [3.8, 4) is 0 Å². The molecule has 1 rings (SSSR count). The predicted octanol–water partition coefficient (Wildman–Crippen LogP) is 0.588. The lowest BCUT2D eigenvalue weighted by atomic mass is 10.00. The van der Waals surface area contributed by atoms with Crippen LogP contribution in [0.5, 0.6) is 0 Å². The second kappa shape index (κ2) is 5.91. The molecule has 0 amide bonds. The number of benzene rings is 1. The summed E-state index contributed by atoms with van der Waals surface area (Å²) in [5.41, 5.74) is -1.29. The summed E-state index contributed by atoms with van der Waals surface area (Å²) in [5, 5.41) is 20.6. The van der Waals surface area contributed by atoms with Gasteiger partial charge in [-0.15, -0.1) is 0 Å². The third-order valence-electron chi connectivity index (χ3n) is 2.38. The Morgan fingerprint density at radius 1 is 1.32 bits per heavy atom. The summed E-state index contributed by atoms with van der Waals surface area (Å²) in [6.07, 6.45) is -1.94. The quantitative estimate of drug-likeness (QED) is 0.483. The molecular weight excluding hydrogens is 258 g/mol. The third-order valence-corrected chi connectivity index (χ3v) is 2.38. The average molecular weight is 269 g/mol. The maximum absolute atomic E-state index is 11.5. The molecular formula is C11H11NO7. The largest absolute Gasteiger partial charge is 0.467 e. The van der Waals surface area contributed by atoms with E-state index in [0.717, 1.165) is 20.3 Å². The van der Waals surface area contributed by atoms with Crippen molar-refractivity contribution in [2.45, 2.75) is 6.10 Å². The van der Waals surface area contributed by atoms with Gasteiger partial charge in [-0.1, -0.05) is 6.07 Å². The number of aliphatic hydroxyl groups is 1. The Bertz CT molecular complexity index is 526. The Morgan fingerprint density at radius 3 is 2.42 bits per heavy atom. The molecule has 8 nitrogen and oxygen atoms in total. The fourth-order valence-corrected chi connectivity index (χ4v) is 1.52. The summed E-state index contributed by atoms with van der Waals surface area (Å²) in [6.45, 7) is 0. The number of nitro benzene ring substituents is 1. The second-order valence-electron chi connectivity index (χ2n) is 3.41. The molecule has 1 aromatic carbocycles. The van der Waals surface area contributed by atoms with Crippen LogP contribution in [0.2, 0.25) is 0 Å². The first kappa shape index (κ1) is 14.6. The summed E-state index contributed by atoms with van der Waals surface area (Å²) in [4.78, 5) is 32.9. The first-order valence-corrected chi connectivity index (χ1v) is 5.05. The number of hydrogen-bond donors (Lipinski definition) is 1. The summed E-state index contributed by atoms with van der Waals surface area (Å²) in [7, 11) is 2.09. The topological polar surface area (TPSA) is 116 Å². The molecule has 1 N–H and O–H groups in total. The van der Waals surface area contributed by atoms with E-state index in [0.29, 0.717) is 0 Å². The minimum Gasteiger partial charge on any atom is -0.467 e. The summed E-state index contributed by atoms with van der Waals surface area (Å²) in [6, 6.07) is 3.52. The van der Waals surface area contributed by atoms with Crippen molar-refractivity contribution in [1.29, 1.82) is 0 Å². The normalized spacial score (nSPS) is 11.5. The van der Waals surface area contributed by atoms with Crippen LogP contribution in [-0.4, -0.2) is 36.2 Å². The monoisotopic (exact) mass is 269 g/mol. The molecule has 0 saturated heterocycles. The molecule has 0 saturated carbocycles. The maximum Gasteiger partial charge on any atom is 0.339 e. The Hall–Kier alpha value is -2.48. The highest BCUT2D eigenvalue weighted by Crippen LogP contribution is 2.29. The lowest BCUT2D eigenvalue weighted by Crippen LogP contribution is -2.19. The third kappa shape index (κ3) is 2.86. The average Bonchev–Trinajstić information content (AvgIpc) is 2.43. The Morgan fingerprint density at radius 2 is 1.95 bits per heavy atom. The Labute approximate surface area is 107 Å². The van der Waals surface area contributed by atoms with Crippen LogP contribution in [-0.2, 0) is 14.3 Å². The molecule has 0 aromatic heterocycles. The number of esters is 2. The van der Waals surface area contributed by atoms with E-state index >= 15 is 0 Å². The van der Waals surface area contributed by atoms with Crippen LogP contribution in [0.1, 0.15) is 22.0 Å². The van der Waals surface area contributed by atoms with Gasteiger partial charge < -0.3 is 14.6 Å². The van der Waals surface area contributed by atoms with E-state index in [-0.39, 0.29) is 5.56 Å². The molecule has 0 spiro atoms. The minimum atomic E-state index is -1.94. The van der Waals surface area contributed by atoms with Crippen LogP contribution < -0.4 is 0 Å². The first-order chi connectivity index (χ1) is 8.93. The Kier molecular flexibility index (Phi) is 4.54. The van der Waals surface area contributed by atoms with Crippen molar-refractivity contribution in [1.82, 2.24) is 0 Å². The van der Waals surface area contributed by atoms with E-state index in [1.807, 2.05) is 0 Å². The van der Waals surface area contributed by atoms with Gasteiger partial charge in [0.15, 0.2) is 6.10 Å². The molecule has 0 aliphatic rings. The van der Waals surface area contributed by atoms with Crippen molar-refractivity contribution in [2.24, 2.45) is 0 Å². The second-order valence-corrected chi connectivity index (χ2v) is 3.41. The highest BCUT2D eigenvalue weighted by atomic mass is 16.6. The standard InChI is InChI=1S/C11H11NO7/c1-18-10(14)6-4-3-5-7(12(16)17)8(6)9(13)11(15)19-2/h3-5,9,13H,1-2H3. The number of aliphatic hydroxyl groups excluding tert-OH is 1. The summed E-state index contributed by atoms with van der Waals surface area (Å²) >= 11 is 0. The zero-order valence-electron chi connectivity index (χ0n) is 10.2. The Balaban J connectivity index is 3.50. The van der Waals surface area contributed by atoms with Crippen LogP contribution in [0.15, 0.2) is 18.2 Å². The van der Waals surface area contributed by atoms with E-state index in [9.17, 15) is 24.8 Å². The van der Waals surface area contributed by atoms with E-state index < -0.39 is 34.2 Å². The number of hydrogen-bond acceptors (Lipinski definition) is 7. The van der Waals surface area contributed by atoms with Crippen LogP contribution in [0.25, 0.3) is 0 Å². The van der Waals surface area contributed by atoms with Crippen LogP contribution >= 0.6 is 0 Å². The smallest absolute Gasteiger partial charge is 0.339 e. The van der Waals surface area contributed by atoms with Crippen molar-refractivity contribution in [2.75, 3.05) is 14.2 Å². The maximum atomic E-state index is 11.5. The van der Waals surface area contributed by atoms with Crippen molar-refractivity contribution in [3.63, 3.8) is 0 Å². The zero-order chi connectivity index (χ0) is 14.6. The predicted molar refractivity (Wildman–Crippen MR) is 61.4 cm³/mol.